The zero-order chi connectivity index (χ0) is 13.9. The number of carbonyl (C=O) groups excluding carboxylic acids is 2. The number of hydrogen-bond acceptors (Lipinski definition) is 3. The van der Waals surface area contributed by atoms with Crippen molar-refractivity contribution >= 4 is 17.5 Å². The fourth-order valence-electron chi connectivity index (χ4n) is 3.95. The first kappa shape index (κ1) is 11.7. The van der Waals surface area contributed by atoms with Crippen LogP contribution in [-0.4, -0.2) is 18.9 Å². The third kappa shape index (κ3) is 1.31. The molecule has 102 valence electrons. The molecular weight excluding hydrogens is 254 g/mol. The lowest BCUT2D eigenvalue weighted by molar-refractivity contribution is -0.123. The largest absolute Gasteiger partial charge is 0.495 e. The minimum absolute atomic E-state index is 0.0682. The summed E-state index contributed by atoms with van der Waals surface area (Å²) in [6.45, 7) is 0. The number of amides is 2. The van der Waals surface area contributed by atoms with Crippen LogP contribution in [0.4, 0.5) is 5.69 Å². The average Bonchev–Trinajstić information content (AvgIpc) is 3.13. The molecule has 2 amide bonds. The molecule has 3 aliphatic rings. The van der Waals surface area contributed by atoms with Gasteiger partial charge in [0.05, 0.1) is 24.6 Å². The maximum absolute atomic E-state index is 12.7. The number of allylic oxidation sites excluding steroid dienone is 2. The van der Waals surface area contributed by atoms with E-state index in [1.54, 1.807) is 19.2 Å². The Morgan fingerprint density at radius 2 is 1.65 bits per heavy atom. The van der Waals surface area contributed by atoms with Crippen LogP contribution in [0.5, 0.6) is 5.75 Å². The molecule has 4 rings (SSSR count). The molecule has 2 fully saturated rings. The molecule has 4 nitrogen and oxygen atoms in total. The van der Waals surface area contributed by atoms with E-state index in [1.807, 2.05) is 12.1 Å². The molecule has 1 saturated carbocycles. The van der Waals surface area contributed by atoms with Crippen molar-refractivity contribution in [1.29, 1.82) is 0 Å². The number of methoxy groups -OCH3 is 1. The molecule has 0 spiro atoms. The highest BCUT2D eigenvalue weighted by Gasteiger charge is 2.59. The van der Waals surface area contributed by atoms with Gasteiger partial charge in [0.1, 0.15) is 5.75 Å². The Hall–Kier alpha value is -2.10. The van der Waals surface area contributed by atoms with Gasteiger partial charge in [-0.1, -0.05) is 24.3 Å². The Kier molecular flexibility index (Phi) is 2.31. The molecule has 0 radical (unpaired) electrons. The summed E-state index contributed by atoms with van der Waals surface area (Å²) in [7, 11) is 1.55. The number of anilines is 1. The molecule has 4 atom stereocenters. The Morgan fingerprint density at radius 1 is 1.05 bits per heavy atom. The van der Waals surface area contributed by atoms with Gasteiger partial charge in [0.2, 0.25) is 11.8 Å². The first-order valence-electron chi connectivity index (χ1n) is 6.91. The van der Waals surface area contributed by atoms with Gasteiger partial charge in [-0.3, -0.25) is 9.59 Å². The normalized spacial score (nSPS) is 34.0. The van der Waals surface area contributed by atoms with E-state index in [-0.39, 0.29) is 35.5 Å². The number of fused-ring (bicyclic) bond motifs is 5. The molecule has 0 unspecified atom stereocenters. The van der Waals surface area contributed by atoms with Crippen molar-refractivity contribution in [2.24, 2.45) is 23.7 Å². The third-order valence-corrected chi connectivity index (χ3v) is 4.80. The Labute approximate surface area is 117 Å². The minimum Gasteiger partial charge on any atom is -0.495 e. The summed E-state index contributed by atoms with van der Waals surface area (Å²) in [6, 6.07) is 7.20. The smallest absolute Gasteiger partial charge is 0.238 e. The molecule has 0 aromatic heterocycles. The van der Waals surface area contributed by atoms with Gasteiger partial charge in [0.15, 0.2) is 0 Å². The fourth-order valence-corrected chi connectivity index (χ4v) is 3.95. The first-order chi connectivity index (χ1) is 9.72. The summed E-state index contributed by atoms with van der Waals surface area (Å²) in [6.07, 6.45) is 5.15. The van der Waals surface area contributed by atoms with Crippen LogP contribution in [0.2, 0.25) is 0 Å². The third-order valence-electron chi connectivity index (χ3n) is 4.80. The number of benzene rings is 1. The fraction of sp³-hybridized carbons (Fsp3) is 0.375. The number of nitrogens with zero attached hydrogens (tertiary/aromatic N) is 1. The van der Waals surface area contributed by atoms with Crippen molar-refractivity contribution in [3.8, 4) is 5.75 Å². The zero-order valence-electron chi connectivity index (χ0n) is 11.2. The van der Waals surface area contributed by atoms with Crippen molar-refractivity contribution in [3.63, 3.8) is 0 Å². The standard InChI is InChI=1S/C16H15NO3/c1-20-12-5-3-2-4-11(12)17-15(18)13-9-6-7-10(8-9)14(13)16(17)19/h2-7,9-10,13-14H,8H2,1H3/t9-,10-,13-,14-/m0/s1. The lowest BCUT2D eigenvalue weighted by Gasteiger charge is -2.19. The number of imide groups is 1. The maximum Gasteiger partial charge on any atom is 0.238 e. The molecule has 2 aliphatic carbocycles. The number of hydrogen-bond donors (Lipinski definition) is 0. The van der Waals surface area contributed by atoms with E-state index in [4.69, 9.17) is 4.74 Å². The highest BCUT2D eigenvalue weighted by atomic mass is 16.5. The summed E-state index contributed by atoms with van der Waals surface area (Å²) in [5, 5.41) is 0. The summed E-state index contributed by atoms with van der Waals surface area (Å²) in [5.41, 5.74) is 0.568. The maximum atomic E-state index is 12.7. The zero-order valence-corrected chi connectivity index (χ0v) is 11.2. The summed E-state index contributed by atoms with van der Waals surface area (Å²) < 4.78 is 5.28. The predicted molar refractivity (Wildman–Crippen MR) is 73.2 cm³/mol. The van der Waals surface area contributed by atoms with Gasteiger partial charge in [-0.2, -0.15) is 0 Å². The van der Waals surface area contributed by atoms with E-state index in [2.05, 4.69) is 12.2 Å². The number of carbonyl (C=O) groups is 2. The predicted octanol–water partition coefficient (Wildman–Crippen LogP) is 2.01. The van der Waals surface area contributed by atoms with Gasteiger partial charge in [-0.05, 0) is 30.4 Å². The monoisotopic (exact) mass is 269 g/mol. The van der Waals surface area contributed by atoms with Crippen LogP contribution in [0.15, 0.2) is 36.4 Å². The van der Waals surface area contributed by atoms with Crippen LogP contribution in [0.1, 0.15) is 6.42 Å². The molecule has 4 heteroatoms. The topological polar surface area (TPSA) is 46.6 Å². The van der Waals surface area contributed by atoms with Crippen molar-refractivity contribution in [2.45, 2.75) is 6.42 Å². The second kappa shape index (κ2) is 3.95. The second-order valence-corrected chi connectivity index (χ2v) is 5.68. The van der Waals surface area contributed by atoms with Gasteiger partial charge >= 0.3 is 0 Å². The van der Waals surface area contributed by atoms with Gasteiger partial charge < -0.3 is 4.74 Å². The first-order valence-corrected chi connectivity index (χ1v) is 6.91. The Balaban J connectivity index is 1.78. The molecule has 2 bridgehead atoms. The quantitative estimate of drug-likeness (QED) is 0.609. The second-order valence-electron chi connectivity index (χ2n) is 5.68. The molecule has 0 N–H and O–H groups in total. The molecule has 1 saturated heterocycles. The van der Waals surface area contributed by atoms with Crippen LogP contribution < -0.4 is 9.64 Å². The number of ether oxygens (including phenoxy) is 1. The summed E-state index contributed by atoms with van der Waals surface area (Å²) in [5.74, 6) is 0.573. The highest BCUT2D eigenvalue weighted by molar-refractivity contribution is 6.23. The lowest BCUT2D eigenvalue weighted by Crippen LogP contribution is -2.33. The SMILES string of the molecule is COc1ccccc1N1C(=O)[C@@H]2[C@@H](C1=O)[C@H]1C=C[C@H]2C1. The van der Waals surface area contributed by atoms with Crippen LogP contribution in [0.25, 0.3) is 0 Å². The minimum atomic E-state index is -0.164. The van der Waals surface area contributed by atoms with E-state index < -0.39 is 0 Å². The summed E-state index contributed by atoms with van der Waals surface area (Å²) in [4.78, 5) is 26.7. The van der Waals surface area contributed by atoms with E-state index >= 15 is 0 Å². The average molecular weight is 269 g/mol. The summed E-state index contributed by atoms with van der Waals surface area (Å²) >= 11 is 0. The van der Waals surface area contributed by atoms with Gasteiger partial charge in [0.25, 0.3) is 0 Å². The molecule has 1 aliphatic heterocycles. The van der Waals surface area contributed by atoms with Crippen molar-refractivity contribution in [2.75, 3.05) is 12.0 Å². The van der Waals surface area contributed by atoms with Gasteiger partial charge in [-0.15, -0.1) is 0 Å². The van der Waals surface area contributed by atoms with Crippen LogP contribution in [-0.2, 0) is 9.59 Å². The van der Waals surface area contributed by atoms with Crippen LogP contribution in [0.3, 0.4) is 0 Å². The van der Waals surface area contributed by atoms with E-state index in [1.165, 1.54) is 4.90 Å². The molecule has 20 heavy (non-hydrogen) atoms. The van der Waals surface area contributed by atoms with Crippen LogP contribution in [0, 0.1) is 23.7 Å². The van der Waals surface area contributed by atoms with Crippen molar-refractivity contribution in [3.05, 3.63) is 36.4 Å². The Bertz CT molecular complexity index is 606. The number of para-hydroxylation sites is 2. The van der Waals surface area contributed by atoms with E-state index in [0.717, 1.165) is 6.42 Å². The Morgan fingerprint density at radius 3 is 2.25 bits per heavy atom. The molecule has 1 aromatic carbocycles. The van der Waals surface area contributed by atoms with E-state index in [9.17, 15) is 9.59 Å². The molecule has 1 aromatic rings. The molecule has 1 heterocycles. The highest BCUT2D eigenvalue weighted by Crippen LogP contribution is 2.53. The van der Waals surface area contributed by atoms with Crippen molar-refractivity contribution in [1.82, 2.24) is 0 Å². The van der Waals surface area contributed by atoms with Gasteiger partial charge in [0, 0.05) is 0 Å². The number of rotatable bonds is 2. The van der Waals surface area contributed by atoms with Crippen molar-refractivity contribution < 1.29 is 14.3 Å². The lowest BCUT2D eigenvalue weighted by atomic mass is 9.85. The van der Waals surface area contributed by atoms with Crippen LogP contribution >= 0.6 is 0 Å². The molecular formula is C16H15NO3. The van der Waals surface area contributed by atoms with E-state index in [0.29, 0.717) is 11.4 Å². The van der Waals surface area contributed by atoms with Gasteiger partial charge in [-0.25, -0.2) is 4.90 Å².